The van der Waals surface area contributed by atoms with E-state index in [0.29, 0.717) is 24.3 Å². The molecule has 0 rings (SSSR count). The molecule has 0 aliphatic rings. The van der Waals surface area contributed by atoms with Crippen molar-refractivity contribution in [3.8, 4) is 0 Å². The van der Waals surface area contributed by atoms with Gasteiger partial charge in [-0.05, 0) is 0 Å². The number of hydrogen-bond donors (Lipinski definition) is 4. The average molecular weight is 280 g/mol. The van der Waals surface area contributed by atoms with Gasteiger partial charge in [-0.3, -0.25) is 0 Å². The first-order chi connectivity index (χ1) is 7.25. The van der Waals surface area contributed by atoms with Gasteiger partial charge in [-0.25, -0.2) is 19.2 Å². The molecule has 0 bridgehead atoms. The first-order valence-electron chi connectivity index (χ1n) is 3.53. The third-order valence-electron chi connectivity index (χ3n) is 0.737. The zero-order valence-electron chi connectivity index (χ0n) is 8.23. The summed E-state index contributed by atoms with van der Waals surface area (Å²) in [5.41, 5.74) is 0. The predicted molar refractivity (Wildman–Crippen MR) is 48.8 cm³/mol. The Morgan fingerprint density at radius 1 is 0.529 bits per heavy atom. The molecule has 0 aliphatic carbocycles. The average Bonchev–Trinajstić information content (AvgIpc) is 2.12. The van der Waals surface area contributed by atoms with Gasteiger partial charge >= 0.3 is 23.9 Å². The van der Waals surface area contributed by atoms with Crippen LogP contribution >= 0.6 is 0 Å². The molecule has 8 nitrogen and oxygen atoms in total. The summed E-state index contributed by atoms with van der Waals surface area (Å²) in [7, 11) is 0. The Balaban J connectivity index is -0.000000218. The molecule has 17 heavy (non-hydrogen) atoms. The predicted octanol–water partition coefficient (Wildman–Crippen LogP) is -0.579. The Bertz CT molecular complexity index is 277. The van der Waals surface area contributed by atoms with Gasteiger partial charge in [0, 0.05) is 46.0 Å². The normalized spacial score (nSPS) is 8.94. The Labute approximate surface area is 110 Å². The summed E-state index contributed by atoms with van der Waals surface area (Å²) in [6.07, 6.45) is 2.23. The van der Waals surface area contributed by atoms with Gasteiger partial charge in [0.15, 0.2) is 0 Å². The number of aliphatic carboxylic acids is 4. The van der Waals surface area contributed by atoms with E-state index in [1.54, 1.807) is 0 Å². The minimum absolute atomic E-state index is 0. The van der Waals surface area contributed by atoms with Crippen LogP contribution in [0.25, 0.3) is 0 Å². The monoisotopic (exact) mass is 280 g/mol. The topological polar surface area (TPSA) is 149 Å². The molecule has 0 spiro atoms. The van der Waals surface area contributed by atoms with E-state index in [0.717, 1.165) is 0 Å². The molecule has 0 radical (unpaired) electrons. The fourth-order valence-corrected chi connectivity index (χ4v) is 0.285. The quantitative estimate of drug-likeness (QED) is 0.394. The van der Waals surface area contributed by atoms with Gasteiger partial charge in [-0.1, -0.05) is 0 Å². The molecule has 0 aliphatic heterocycles. The fraction of sp³-hybridized carbons (Fsp3) is 0. The zero-order valence-corrected chi connectivity index (χ0v) is 9.79. The van der Waals surface area contributed by atoms with E-state index in [-0.39, 0.29) is 21.7 Å². The van der Waals surface area contributed by atoms with Gasteiger partial charge in [0.05, 0.1) is 0 Å². The van der Waals surface area contributed by atoms with Crippen molar-refractivity contribution in [2.24, 2.45) is 0 Å². The van der Waals surface area contributed by atoms with E-state index in [1.807, 2.05) is 0 Å². The van der Waals surface area contributed by atoms with Crippen LogP contribution in [0.2, 0.25) is 0 Å². The minimum atomic E-state index is -1.26. The number of carboxylic acids is 4. The first-order valence-corrected chi connectivity index (χ1v) is 3.53. The summed E-state index contributed by atoms with van der Waals surface area (Å²) < 4.78 is 0. The molecule has 0 heterocycles. The maximum Gasteiger partial charge on any atom is 0.328 e. The number of carboxylic acid groups (broad SMARTS) is 4. The standard InChI is InChI=1S/2C4H4O4.Ti/c2*5-3(6)1-2-4(7)8;/h2*1-2H,(H,5,6)(H,7,8);/b2*2-1-;. The van der Waals surface area contributed by atoms with E-state index in [1.165, 1.54) is 0 Å². The van der Waals surface area contributed by atoms with Gasteiger partial charge < -0.3 is 20.4 Å². The number of rotatable bonds is 4. The molecule has 0 fully saturated rings. The summed E-state index contributed by atoms with van der Waals surface area (Å²) in [4.78, 5) is 38.2. The van der Waals surface area contributed by atoms with Gasteiger partial charge in [-0.15, -0.1) is 0 Å². The maximum atomic E-state index is 9.55. The van der Waals surface area contributed by atoms with E-state index in [2.05, 4.69) is 0 Å². The molecular formula is C8H8O8Ti. The molecule has 0 aromatic rings. The van der Waals surface area contributed by atoms with E-state index in [9.17, 15) is 19.2 Å². The van der Waals surface area contributed by atoms with Crippen LogP contribution in [0.15, 0.2) is 24.3 Å². The molecule has 0 aromatic heterocycles. The van der Waals surface area contributed by atoms with Crippen molar-refractivity contribution < 1.29 is 61.3 Å². The Morgan fingerprint density at radius 2 is 0.647 bits per heavy atom. The molecule has 0 atom stereocenters. The summed E-state index contributed by atoms with van der Waals surface area (Å²) >= 11 is 0. The van der Waals surface area contributed by atoms with Crippen molar-refractivity contribution in [2.45, 2.75) is 0 Å². The molecule has 0 saturated carbocycles. The summed E-state index contributed by atoms with van der Waals surface area (Å²) in [6, 6.07) is 0. The molecule has 0 saturated heterocycles. The van der Waals surface area contributed by atoms with Gasteiger partial charge in [-0.2, -0.15) is 0 Å². The molecule has 0 amide bonds. The zero-order chi connectivity index (χ0) is 13.1. The van der Waals surface area contributed by atoms with Crippen LogP contribution in [0.5, 0.6) is 0 Å². The summed E-state index contributed by atoms with van der Waals surface area (Å²) in [6.45, 7) is 0. The Hall–Kier alpha value is -1.93. The van der Waals surface area contributed by atoms with E-state index in [4.69, 9.17) is 20.4 Å². The second kappa shape index (κ2) is 12.1. The largest absolute Gasteiger partial charge is 0.478 e. The van der Waals surface area contributed by atoms with Crippen LogP contribution in [0, 0.1) is 0 Å². The van der Waals surface area contributed by atoms with Crippen LogP contribution < -0.4 is 0 Å². The van der Waals surface area contributed by atoms with Crippen LogP contribution in [-0.2, 0) is 40.9 Å². The third-order valence-corrected chi connectivity index (χ3v) is 0.737. The second-order valence-electron chi connectivity index (χ2n) is 2.02. The Morgan fingerprint density at radius 3 is 0.706 bits per heavy atom. The smallest absolute Gasteiger partial charge is 0.328 e. The summed E-state index contributed by atoms with van der Waals surface area (Å²) in [5, 5.41) is 31.2. The molecule has 0 aromatic carbocycles. The van der Waals surface area contributed by atoms with E-state index < -0.39 is 23.9 Å². The van der Waals surface area contributed by atoms with Gasteiger partial charge in [0.2, 0.25) is 0 Å². The molecule has 92 valence electrons. The van der Waals surface area contributed by atoms with Crippen LogP contribution in [0.1, 0.15) is 0 Å². The molecule has 0 unspecified atom stereocenters. The van der Waals surface area contributed by atoms with Crippen molar-refractivity contribution in [3.05, 3.63) is 24.3 Å². The number of hydrogen-bond acceptors (Lipinski definition) is 4. The minimum Gasteiger partial charge on any atom is -0.478 e. The number of carbonyl (C=O) groups is 4. The van der Waals surface area contributed by atoms with Crippen LogP contribution in [-0.4, -0.2) is 44.3 Å². The van der Waals surface area contributed by atoms with Crippen LogP contribution in [0.4, 0.5) is 0 Å². The molecular weight excluding hydrogens is 272 g/mol. The van der Waals surface area contributed by atoms with Crippen molar-refractivity contribution in [1.29, 1.82) is 0 Å². The van der Waals surface area contributed by atoms with Crippen molar-refractivity contribution >= 4 is 23.9 Å². The van der Waals surface area contributed by atoms with Gasteiger partial charge in [0.1, 0.15) is 0 Å². The molecule has 4 N–H and O–H groups in total. The van der Waals surface area contributed by atoms with Gasteiger partial charge in [0.25, 0.3) is 0 Å². The second-order valence-corrected chi connectivity index (χ2v) is 2.02. The third kappa shape index (κ3) is 31.5. The van der Waals surface area contributed by atoms with Crippen molar-refractivity contribution in [1.82, 2.24) is 0 Å². The van der Waals surface area contributed by atoms with Crippen molar-refractivity contribution in [2.75, 3.05) is 0 Å². The Kier molecular flexibility index (Phi) is 14.6. The fourth-order valence-electron chi connectivity index (χ4n) is 0.285. The first kappa shape index (κ1) is 20.5. The SMILES string of the molecule is O=C(O)/C=C\C(=O)O.O=C(O)/C=C\C(=O)O.[Ti]. The maximum absolute atomic E-state index is 9.55. The van der Waals surface area contributed by atoms with Crippen LogP contribution in [0.3, 0.4) is 0 Å². The van der Waals surface area contributed by atoms with Crippen molar-refractivity contribution in [3.63, 3.8) is 0 Å². The molecule has 9 heteroatoms. The van der Waals surface area contributed by atoms with E-state index >= 15 is 0 Å². The summed E-state index contributed by atoms with van der Waals surface area (Å²) in [5.74, 6) is -5.03.